The lowest BCUT2D eigenvalue weighted by molar-refractivity contribution is -0.135. The predicted molar refractivity (Wildman–Crippen MR) is 58.3 cm³/mol. The van der Waals surface area contributed by atoms with Gasteiger partial charge in [-0.1, -0.05) is 6.07 Å². The Morgan fingerprint density at radius 3 is 2.81 bits per heavy atom. The molecule has 4 heteroatoms. The average Bonchev–Trinajstić information content (AvgIpc) is 2.27. The molecule has 16 heavy (non-hydrogen) atoms. The molecule has 0 amide bonds. The van der Waals surface area contributed by atoms with Gasteiger partial charge in [-0.25, -0.2) is 0 Å². The van der Waals surface area contributed by atoms with Crippen LogP contribution in [0.15, 0.2) is 36.5 Å². The molecular weight excluding hydrogens is 206 g/mol. The largest absolute Gasteiger partial charge is 0.481 e. The molecule has 0 unspecified atom stereocenters. The minimum atomic E-state index is -1.11. The molecular formula is C12H9NO3. The molecule has 2 rings (SSSR count). The molecule has 0 saturated carbocycles. The molecule has 0 spiro atoms. The first-order valence-corrected chi connectivity index (χ1v) is 4.76. The summed E-state index contributed by atoms with van der Waals surface area (Å²) in [5.41, 5.74) is 1.19. The zero-order valence-electron chi connectivity index (χ0n) is 8.38. The van der Waals surface area contributed by atoms with E-state index >= 15 is 0 Å². The van der Waals surface area contributed by atoms with Crippen LogP contribution in [0.5, 0.6) is 0 Å². The summed E-state index contributed by atoms with van der Waals surface area (Å²) in [6.45, 7) is 0. The van der Waals surface area contributed by atoms with E-state index in [1.807, 2.05) is 6.07 Å². The number of carboxylic acid groups (broad SMARTS) is 1. The van der Waals surface area contributed by atoms with Gasteiger partial charge >= 0.3 is 5.97 Å². The van der Waals surface area contributed by atoms with Crippen LogP contribution in [0.3, 0.4) is 0 Å². The van der Waals surface area contributed by atoms with Gasteiger partial charge in [0, 0.05) is 17.1 Å². The van der Waals surface area contributed by atoms with Gasteiger partial charge in [-0.2, -0.15) is 0 Å². The highest BCUT2D eigenvalue weighted by Gasteiger charge is 2.10. The fourth-order valence-corrected chi connectivity index (χ4v) is 1.49. The standard InChI is InChI=1S/C12H9NO3/c14-11(7-12(15)16)9-3-4-10-8(6-9)2-1-5-13-10/h1-6H,7H2,(H,15,16). The maximum absolute atomic E-state index is 11.5. The SMILES string of the molecule is O=C(O)CC(=O)c1ccc2ncccc2c1. The number of carbonyl (C=O) groups is 2. The van der Waals surface area contributed by atoms with E-state index in [4.69, 9.17) is 5.11 Å². The van der Waals surface area contributed by atoms with E-state index in [-0.39, 0.29) is 0 Å². The Kier molecular flexibility index (Phi) is 2.64. The fourth-order valence-electron chi connectivity index (χ4n) is 1.49. The zero-order valence-corrected chi connectivity index (χ0v) is 8.38. The second-order valence-electron chi connectivity index (χ2n) is 3.40. The first-order valence-electron chi connectivity index (χ1n) is 4.76. The van der Waals surface area contributed by atoms with Gasteiger partial charge in [0.15, 0.2) is 5.78 Å². The Hall–Kier alpha value is -2.23. The molecule has 1 heterocycles. The van der Waals surface area contributed by atoms with Crippen molar-refractivity contribution < 1.29 is 14.7 Å². The van der Waals surface area contributed by atoms with Crippen LogP contribution in [0.25, 0.3) is 10.9 Å². The third-order valence-corrected chi connectivity index (χ3v) is 2.24. The Bertz CT molecular complexity index is 563. The first kappa shape index (κ1) is 10.3. The van der Waals surface area contributed by atoms with Gasteiger partial charge in [0.1, 0.15) is 6.42 Å². The van der Waals surface area contributed by atoms with Crippen molar-refractivity contribution in [3.8, 4) is 0 Å². The number of rotatable bonds is 3. The number of benzene rings is 1. The minimum absolute atomic E-state index is 0.391. The smallest absolute Gasteiger partial charge is 0.311 e. The number of hydrogen-bond acceptors (Lipinski definition) is 3. The molecule has 0 aliphatic rings. The number of nitrogens with zero attached hydrogens (tertiary/aromatic N) is 1. The third-order valence-electron chi connectivity index (χ3n) is 2.24. The Labute approximate surface area is 91.5 Å². The molecule has 4 nitrogen and oxygen atoms in total. The molecule has 1 aromatic carbocycles. The van der Waals surface area contributed by atoms with Crippen molar-refractivity contribution in [2.24, 2.45) is 0 Å². The Morgan fingerprint density at radius 2 is 2.06 bits per heavy atom. The van der Waals surface area contributed by atoms with Crippen molar-refractivity contribution in [2.75, 3.05) is 0 Å². The highest BCUT2D eigenvalue weighted by atomic mass is 16.4. The summed E-state index contributed by atoms with van der Waals surface area (Å²) in [4.78, 5) is 26.0. The molecule has 0 fully saturated rings. The molecule has 0 aliphatic heterocycles. The molecule has 2 aromatic rings. The lowest BCUT2D eigenvalue weighted by atomic mass is 10.1. The molecule has 0 radical (unpaired) electrons. The summed E-state index contributed by atoms with van der Waals surface area (Å²) < 4.78 is 0. The van der Waals surface area contributed by atoms with Crippen LogP contribution in [-0.2, 0) is 4.79 Å². The molecule has 80 valence electrons. The van der Waals surface area contributed by atoms with Gasteiger partial charge < -0.3 is 5.11 Å². The average molecular weight is 215 g/mol. The highest BCUT2D eigenvalue weighted by molar-refractivity contribution is 6.07. The van der Waals surface area contributed by atoms with Crippen LogP contribution in [0, 0.1) is 0 Å². The maximum Gasteiger partial charge on any atom is 0.311 e. The van der Waals surface area contributed by atoms with Gasteiger partial charge in [-0.15, -0.1) is 0 Å². The number of ketones is 1. The van der Waals surface area contributed by atoms with Crippen molar-refractivity contribution in [2.45, 2.75) is 6.42 Å². The molecule has 1 N–H and O–H groups in total. The number of hydrogen-bond donors (Lipinski definition) is 1. The third kappa shape index (κ3) is 2.06. The second-order valence-corrected chi connectivity index (χ2v) is 3.40. The lowest BCUT2D eigenvalue weighted by Gasteiger charge is -2.00. The summed E-state index contributed by atoms with van der Waals surface area (Å²) in [5, 5.41) is 9.36. The number of aromatic nitrogens is 1. The summed E-state index contributed by atoms with van der Waals surface area (Å²) in [6, 6.07) is 8.58. The first-order chi connectivity index (χ1) is 7.66. The minimum Gasteiger partial charge on any atom is -0.481 e. The highest BCUT2D eigenvalue weighted by Crippen LogP contribution is 2.14. The van der Waals surface area contributed by atoms with Crippen LogP contribution >= 0.6 is 0 Å². The van der Waals surface area contributed by atoms with Crippen LogP contribution in [-0.4, -0.2) is 21.8 Å². The molecule has 0 saturated heterocycles. The number of pyridine rings is 1. The number of aliphatic carboxylic acids is 1. The topological polar surface area (TPSA) is 67.3 Å². The number of carbonyl (C=O) groups excluding carboxylic acids is 1. The molecule has 1 aromatic heterocycles. The van der Waals surface area contributed by atoms with Crippen molar-refractivity contribution in [1.82, 2.24) is 4.98 Å². The van der Waals surface area contributed by atoms with Gasteiger partial charge in [0.05, 0.1) is 5.52 Å². The Morgan fingerprint density at radius 1 is 1.25 bits per heavy atom. The van der Waals surface area contributed by atoms with Gasteiger partial charge in [-0.05, 0) is 24.3 Å². The van der Waals surface area contributed by atoms with Crippen molar-refractivity contribution in [3.05, 3.63) is 42.1 Å². The summed E-state index contributed by atoms with van der Waals surface area (Å²) in [7, 11) is 0. The fraction of sp³-hybridized carbons (Fsp3) is 0.0833. The molecule has 0 atom stereocenters. The van der Waals surface area contributed by atoms with Crippen LogP contribution < -0.4 is 0 Å². The number of Topliss-reactive ketones (excluding diaryl/α,β-unsaturated/α-hetero) is 1. The van der Waals surface area contributed by atoms with Crippen LogP contribution in [0.2, 0.25) is 0 Å². The lowest BCUT2D eigenvalue weighted by Crippen LogP contribution is -2.06. The van der Waals surface area contributed by atoms with E-state index in [0.717, 1.165) is 10.9 Å². The zero-order chi connectivity index (χ0) is 11.5. The van der Waals surface area contributed by atoms with E-state index < -0.39 is 18.2 Å². The van der Waals surface area contributed by atoms with E-state index in [9.17, 15) is 9.59 Å². The summed E-state index contributed by atoms with van der Waals surface area (Å²) in [5.74, 6) is -1.51. The second kappa shape index (κ2) is 4.10. The van der Waals surface area contributed by atoms with E-state index in [2.05, 4.69) is 4.98 Å². The summed E-state index contributed by atoms with van der Waals surface area (Å²) >= 11 is 0. The predicted octanol–water partition coefficient (Wildman–Crippen LogP) is 1.89. The van der Waals surface area contributed by atoms with Crippen molar-refractivity contribution in [3.63, 3.8) is 0 Å². The monoisotopic (exact) mass is 215 g/mol. The summed E-state index contributed by atoms with van der Waals surface area (Å²) in [6.07, 6.45) is 1.19. The van der Waals surface area contributed by atoms with E-state index in [1.165, 1.54) is 0 Å². The van der Waals surface area contributed by atoms with Gasteiger partial charge in [-0.3, -0.25) is 14.6 Å². The maximum atomic E-state index is 11.5. The number of fused-ring (bicyclic) bond motifs is 1. The van der Waals surface area contributed by atoms with E-state index in [1.54, 1.807) is 30.5 Å². The normalized spacial score (nSPS) is 10.2. The van der Waals surface area contributed by atoms with Gasteiger partial charge in [0.2, 0.25) is 0 Å². The van der Waals surface area contributed by atoms with Crippen molar-refractivity contribution >= 4 is 22.7 Å². The van der Waals surface area contributed by atoms with E-state index in [0.29, 0.717) is 5.56 Å². The quantitative estimate of drug-likeness (QED) is 0.627. The van der Waals surface area contributed by atoms with Crippen LogP contribution in [0.4, 0.5) is 0 Å². The van der Waals surface area contributed by atoms with Gasteiger partial charge in [0.25, 0.3) is 0 Å². The Balaban J connectivity index is 2.39. The number of carboxylic acids is 1. The molecule has 0 bridgehead atoms. The van der Waals surface area contributed by atoms with Crippen LogP contribution in [0.1, 0.15) is 16.8 Å². The van der Waals surface area contributed by atoms with Crippen molar-refractivity contribution in [1.29, 1.82) is 0 Å². The molecule has 0 aliphatic carbocycles.